The van der Waals surface area contributed by atoms with Crippen molar-refractivity contribution in [1.82, 2.24) is 10.4 Å². The molecule has 3 rings (SSSR count). The summed E-state index contributed by atoms with van der Waals surface area (Å²) < 4.78 is 5.62. The molecule has 1 amide bonds. The highest BCUT2D eigenvalue weighted by atomic mass is 35.5. The molecule has 0 fully saturated rings. The topological polar surface area (TPSA) is 67.5 Å². The summed E-state index contributed by atoms with van der Waals surface area (Å²) in [5, 5.41) is 4.73. The number of amides is 1. The molecule has 120 valence electrons. The number of rotatable bonds is 5. The molecule has 0 spiro atoms. The van der Waals surface area contributed by atoms with E-state index in [2.05, 4.69) is 15.5 Å². The molecule has 1 N–H and O–H groups in total. The molecule has 0 aliphatic carbocycles. The van der Waals surface area contributed by atoms with Crippen molar-refractivity contribution in [2.75, 3.05) is 0 Å². The zero-order valence-corrected chi connectivity index (χ0v) is 13.9. The van der Waals surface area contributed by atoms with E-state index in [-0.39, 0.29) is 10.7 Å². The second-order valence-electron chi connectivity index (χ2n) is 4.61. The van der Waals surface area contributed by atoms with Gasteiger partial charge in [-0.15, -0.1) is 0 Å². The Morgan fingerprint density at radius 2 is 2.00 bits per heavy atom. The van der Waals surface area contributed by atoms with Gasteiger partial charge in [0.15, 0.2) is 5.09 Å². The van der Waals surface area contributed by atoms with Crippen molar-refractivity contribution in [3.8, 4) is 0 Å². The molecular formula is C17H12ClN3O2S. The van der Waals surface area contributed by atoms with Gasteiger partial charge in [-0.25, -0.2) is 10.4 Å². The van der Waals surface area contributed by atoms with Gasteiger partial charge in [0.25, 0.3) is 5.91 Å². The first kappa shape index (κ1) is 16.3. The van der Waals surface area contributed by atoms with Gasteiger partial charge in [0.05, 0.1) is 11.8 Å². The number of pyridine rings is 1. The Kier molecular flexibility index (Phi) is 5.30. The van der Waals surface area contributed by atoms with E-state index in [0.29, 0.717) is 5.76 Å². The van der Waals surface area contributed by atoms with Gasteiger partial charge < -0.3 is 4.42 Å². The van der Waals surface area contributed by atoms with Crippen LogP contribution in [0.3, 0.4) is 0 Å². The first-order chi connectivity index (χ1) is 11.7. The predicted octanol–water partition coefficient (Wildman–Crippen LogP) is 4.24. The largest absolute Gasteiger partial charge is 0.448 e. The Hall–Kier alpha value is -2.57. The predicted molar refractivity (Wildman–Crippen MR) is 93.6 cm³/mol. The molecule has 0 bridgehead atoms. The summed E-state index contributed by atoms with van der Waals surface area (Å²) in [6, 6.07) is 16.7. The van der Waals surface area contributed by atoms with E-state index in [4.69, 9.17) is 16.0 Å². The molecule has 2 heterocycles. The Morgan fingerprint density at radius 1 is 1.17 bits per heavy atom. The van der Waals surface area contributed by atoms with E-state index in [0.717, 1.165) is 9.99 Å². The minimum Gasteiger partial charge on any atom is -0.448 e. The number of carbonyl (C=O) groups is 1. The maximum Gasteiger partial charge on any atom is 0.274 e. The highest BCUT2D eigenvalue weighted by Gasteiger charge is 2.09. The molecule has 7 heteroatoms. The number of aromatic nitrogens is 1. The normalized spacial score (nSPS) is 10.9. The Labute approximate surface area is 147 Å². The van der Waals surface area contributed by atoms with Crippen molar-refractivity contribution in [3.63, 3.8) is 0 Å². The molecule has 0 radical (unpaired) electrons. The Morgan fingerprint density at radius 3 is 2.79 bits per heavy atom. The van der Waals surface area contributed by atoms with Gasteiger partial charge in [0.2, 0.25) is 0 Å². The molecule has 24 heavy (non-hydrogen) atoms. The van der Waals surface area contributed by atoms with Crippen LogP contribution in [0.15, 0.2) is 80.3 Å². The average Bonchev–Trinajstić information content (AvgIpc) is 3.03. The summed E-state index contributed by atoms with van der Waals surface area (Å²) in [5.74, 6) is 0.0980. The quantitative estimate of drug-likeness (QED) is 0.421. The zero-order chi connectivity index (χ0) is 16.8. The summed E-state index contributed by atoms with van der Waals surface area (Å²) in [4.78, 5) is 16.8. The summed E-state index contributed by atoms with van der Waals surface area (Å²) in [6.07, 6.45) is 2.94. The van der Waals surface area contributed by atoms with Crippen LogP contribution in [0.2, 0.25) is 5.15 Å². The van der Waals surface area contributed by atoms with E-state index < -0.39 is 5.91 Å². The van der Waals surface area contributed by atoms with E-state index in [9.17, 15) is 4.79 Å². The Balaban J connectivity index is 1.59. The van der Waals surface area contributed by atoms with E-state index in [1.54, 1.807) is 18.2 Å². The van der Waals surface area contributed by atoms with Gasteiger partial charge in [0.1, 0.15) is 10.9 Å². The van der Waals surface area contributed by atoms with Gasteiger partial charge in [-0.3, -0.25) is 4.79 Å². The number of hydrazone groups is 1. The number of benzene rings is 1. The van der Waals surface area contributed by atoms with Crippen LogP contribution in [0.5, 0.6) is 0 Å². The van der Waals surface area contributed by atoms with Gasteiger partial charge in [-0.2, -0.15) is 5.10 Å². The second kappa shape index (κ2) is 7.81. The fourth-order valence-electron chi connectivity index (χ4n) is 1.83. The van der Waals surface area contributed by atoms with Crippen LogP contribution in [0, 0.1) is 0 Å². The van der Waals surface area contributed by atoms with Crippen LogP contribution in [0.1, 0.15) is 16.1 Å². The van der Waals surface area contributed by atoms with Crippen LogP contribution in [-0.4, -0.2) is 17.1 Å². The summed E-state index contributed by atoms with van der Waals surface area (Å²) in [6.45, 7) is 0. The molecule has 2 aromatic heterocycles. The summed E-state index contributed by atoms with van der Waals surface area (Å²) in [7, 11) is 0. The number of furan rings is 1. The van der Waals surface area contributed by atoms with Crippen molar-refractivity contribution >= 4 is 35.5 Å². The third-order valence-electron chi connectivity index (χ3n) is 2.93. The molecule has 3 aromatic rings. The maximum atomic E-state index is 11.9. The summed E-state index contributed by atoms with van der Waals surface area (Å²) >= 11 is 7.36. The van der Waals surface area contributed by atoms with Crippen LogP contribution < -0.4 is 5.43 Å². The number of halogens is 1. The number of hydrogen-bond donors (Lipinski definition) is 1. The standard InChI is InChI=1S/C17H12ClN3O2S/c18-16-14(7-4-10-19-16)17(22)21-20-11-12-8-9-15(23-12)24-13-5-2-1-3-6-13/h1-11H,(H,21,22). The average molecular weight is 358 g/mol. The first-order valence-corrected chi connectivity index (χ1v) is 8.18. The smallest absolute Gasteiger partial charge is 0.274 e. The van der Waals surface area contributed by atoms with Crippen molar-refractivity contribution in [2.24, 2.45) is 5.10 Å². The van der Waals surface area contributed by atoms with Gasteiger partial charge >= 0.3 is 0 Å². The number of nitrogens with one attached hydrogen (secondary N) is 1. The van der Waals surface area contributed by atoms with Crippen LogP contribution in [0.25, 0.3) is 0 Å². The van der Waals surface area contributed by atoms with Crippen molar-refractivity contribution in [3.05, 3.63) is 77.3 Å². The van der Waals surface area contributed by atoms with E-state index in [1.165, 1.54) is 24.2 Å². The van der Waals surface area contributed by atoms with E-state index >= 15 is 0 Å². The second-order valence-corrected chi connectivity index (χ2v) is 6.05. The van der Waals surface area contributed by atoms with E-state index in [1.807, 2.05) is 36.4 Å². The lowest BCUT2D eigenvalue weighted by Crippen LogP contribution is -2.18. The first-order valence-electron chi connectivity index (χ1n) is 6.99. The van der Waals surface area contributed by atoms with Gasteiger partial charge in [-0.1, -0.05) is 41.6 Å². The molecule has 0 saturated heterocycles. The monoisotopic (exact) mass is 357 g/mol. The van der Waals surface area contributed by atoms with Crippen LogP contribution in [-0.2, 0) is 0 Å². The molecular weight excluding hydrogens is 346 g/mol. The van der Waals surface area contributed by atoms with Gasteiger partial charge in [0, 0.05) is 11.1 Å². The molecule has 1 aromatic carbocycles. The lowest BCUT2D eigenvalue weighted by molar-refractivity contribution is 0.0955. The zero-order valence-electron chi connectivity index (χ0n) is 12.3. The Bertz CT molecular complexity index is 865. The lowest BCUT2D eigenvalue weighted by Gasteiger charge is -2.00. The molecule has 0 aliphatic rings. The van der Waals surface area contributed by atoms with Crippen LogP contribution in [0.4, 0.5) is 0 Å². The third-order valence-corrected chi connectivity index (χ3v) is 4.16. The fourth-order valence-corrected chi connectivity index (χ4v) is 2.84. The molecule has 0 saturated carbocycles. The molecule has 0 aliphatic heterocycles. The maximum absolute atomic E-state index is 11.9. The number of hydrogen-bond acceptors (Lipinski definition) is 5. The minimum atomic E-state index is -0.435. The SMILES string of the molecule is O=C(NN=Cc1ccc(Sc2ccccc2)o1)c1cccnc1Cl. The number of nitrogens with zero attached hydrogens (tertiary/aromatic N) is 2. The third kappa shape index (κ3) is 4.24. The van der Waals surface area contributed by atoms with Gasteiger partial charge in [-0.05, 0) is 36.4 Å². The fraction of sp³-hybridized carbons (Fsp3) is 0. The number of carbonyl (C=O) groups excluding carboxylic acids is 1. The highest BCUT2D eigenvalue weighted by Crippen LogP contribution is 2.28. The van der Waals surface area contributed by atoms with Crippen molar-refractivity contribution < 1.29 is 9.21 Å². The summed E-state index contributed by atoms with van der Waals surface area (Å²) in [5.41, 5.74) is 2.65. The lowest BCUT2D eigenvalue weighted by atomic mass is 10.3. The van der Waals surface area contributed by atoms with Crippen molar-refractivity contribution in [2.45, 2.75) is 9.99 Å². The highest BCUT2D eigenvalue weighted by molar-refractivity contribution is 7.99. The molecule has 0 atom stereocenters. The van der Waals surface area contributed by atoms with Crippen LogP contribution >= 0.6 is 23.4 Å². The molecule has 5 nitrogen and oxygen atoms in total. The molecule has 0 unspecified atom stereocenters. The van der Waals surface area contributed by atoms with Crippen molar-refractivity contribution in [1.29, 1.82) is 0 Å². The minimum absolute atomic E-state index is 0.129.